The van der Waals surface area contributed by atoms with Crippen LogP contribution in [0.3, 0.4) is 0 Å². The normalized spacial score (nSPS) is 34.8. The molecule has 3 aliphatic heterocycles. The summed E-state index contributed by atoms with van der Waals surface area (Å²) in [5, 5.41) is 2.75. The number of halogens is 6. The molecule has 202 valence electrons. The fourth-order valence-electron chi connectivity index (χ4n) is 5.29. The summed E-state index contributed by atoms with van der Waals surface area (Å²) in [7, 11) is 0. The van der Waals surface area contributed by atoms with Crippen molar-refractivity contribution in [3.05, 3.63) is 35.9 Å². The van der Waals surface area contributed by atoms with Gasteiger partial charge in [0, 0.05) is 12.5 Å². The molecule has 4 bridgehead atoms. The van der Waals surface area contributed by atoms with Crippen molar-refractivity contribution in [2.75, 3.05) is 0 Å². The van der Waals surface area contributed by atoms with Gasteiger partial charge in [-0.1, -0.05) is 49.6 Å². The SMILES string of the molecule is O=C1CCCCCC[C@](OCc2ccccc2)(C(F)(F)F)C2NNC(O2)C2CCC(C(F)(F)F)C1N2. The van der Waals surface area contributed by atoms with Crippen LogP contribution in [0.25, 0.3) is 0 Å². The molecule has 0 saturated carbocycles. The lowest BCUT2D eigenvalue weighted by atomic mass is 9.82. The number of nitrogens with one attached hydrogen (secondary N) is 3. The monoisotopic (exact) mass is 523 g/mol. The number of ketones is 1. The molecular formula is C24H31F6N3O3. The van der Waals surface area contributed by atoms with Crippen molar-refractivity contribution < 1.29 is 40.6 Å². The number of benzene rings is 1. The average molecular weight is 524 g/mol. The van der Waals surface area contributed by atoms with Crippen molar-refractivity contribution >= 4 is 5.78 Å². The van der Waals surface area contributed by atoms with Crippen LogP contribution in [0.4, 0.5) is 26.3 Å². The second-order valence-corrected chi connectivity index (χ2v) is 9.74. The van der Waals surface area contributed by atoms with E-state index in [0.717, 1.165) is 0 Å². The van der Waals surface area contributed by atoms with Crippen LogP contribution in [0, 0.1) is 5.92 Å². The van der Waals surface area contributed by atoms with Crippen LogP contribution >= 0.6 is 0 Å². The molecule has 0 radical (unpaired) electrons. The van der Waals surface area contributed by atoms with E-state index in [-0.39, 0.29) is 38.7 Å². The average Bonchev–Trinajstić information content (AvgIpc) is 3.32. The van der Waals surface area contributed by atoms with Gasteiger partial charge in [0.25, 0.3) is 0 Å². The standard InChI is InChI=1S/C24H31F6N3O3/c25-23(26,27)16-11-12-17-20-32-33-21(36-20)22(24(28,29)30,35-14-15-8-4-3-5-9-15)13-7-2-1-6-10-18(34)19(16)31-17/h3-5,8-9,16-17,19-21,31-33H,1-2,6-7,10-14H2/t16?,17?,19?,20?,21?,22-/m1/s1. The summed E-state index contributed by atoms with van der Waals surface area (Å²) in [6.07, 6.45) is -11.6. The molecule has 1 aromatic rings. The number of fused-ring (bicyclic) bond motifs is 5. The molecule has 0 aliphatic carbocycles. The van der Waals surface area contributed by atoms with Crippen LogP contribution in [0.5, 0.6) is 0 Å². The van der Waals surface area contributed by atoms with E-state index in [2.05, 4.69) is 16.2 Å². The first-order valence-corrected chi connectivity index (χ1v) is 12.3. The highest BCUT2D eigenvalue weighted by Gasteiger charge is 2.63. The summed E-state index contributed by atoms with van der Waals surface area (Å²) in [5.41, 5.74) is 3.10. The molecular weight excluding hydrogens is 492 g/mol. The predicted octanol–water partition coefficient (Wildman–Crippen LogP) is 4.50. The maximum absolute atomic E-state index is 14.7. The molecule has 6 atom stereocenters. The molecule has 0 aromatic heterocycles. The number of piperidine rings is 1. The van der Waals surface area contributed by atoms with Gasteiger partial charge >= 0.3 is 12.4 Å². The van der Waals surface area contributed by atoms with E-state index in [0.29, 0.717) is 24.8 Å². The molecule has 3 fully saturated rings. The molecule has 5 unspecified atom stereocenters. The molecule has 36 heavy (non-hydrogen) atoms. The number of hydrazine groups is 1. The minimum Gasteiger partial charge on any atom is -0.357 e. The molecule has 4 rings (SSSR count). The van der Waals surface area contributed by atoms with E-state index >= 15 is 0 Å². The van der Waals surface area contributed by atoms with Crippen LogP contribution in [0.1, 0.15) is 56.9 Å². The fourth-order valence-corrected chi connectivity index (χ4v) is 5.29. The minimum absolute atomic E-state index is 0.0239. The number of rotatable bonds is 3. The smallest absolute Gasteiger partial charge is 0.357 e. The highest BCUT2D eigenvalue weighted by atomic mass is 19.4. The zero-order valence-electron chi connectivity index (χ0n) is 19.6. The molecule has 6 nitrogen and oxygen atoms in total. The lowest BCUT2D eigenvalue weighted by molar-refractivity contribution is -0.320. The van der Waals surface area contributed by atoms with Gasteiger partial charge in [0.15, 0.2) is 6.23 Å². The Morgan fingerprint density at radius 2 is 1.69 bits per heavy atom. The summed E-state index contributed by atoms with van der Waals surface area (Å²) in [5.74, 6) is -2.37. The summed E-state index contributed by atoms with van der Waals surface area (Å²) in [4.78, 5) is 12.7. The largest absolute Gasteiger partial charge is 0.421 e. The third-order valence-corrected chi connectivity index (χ3v) is 7.32. The Morgan fingerprint density at radius 3 is 2.39 bits per heavy atom. The van der Waals surface area contributed by atoms with Crippen molar-refractivity contribution in [2.45, 2.75) is 100 Å². The highest BCUT2D eigenvalue weighted by molar-refractivity contribution is 5.84. The van der Waals surface area contributed by atoms with Gasteiger partial charge in [-0.25, -0.2) is 10.9 Å². The maximum Gasteiger partial charge on any atom is 0.421 e. The van der Waals surface area contributed by atoms with Crippen molar-refractivity contribution in [1.82, 2.24) is 16.2 Å². The molecule has 3 aliphatic rings. The van der Waals surface area contributed by atoms with Crippen LogP contribution in [0.15, 0.2) is 30.3 Å². The first-order chi connectivity index (χ1) is 17.0. The van der Waals surface area contributed by atoms with Gasteiger partial charge < -0.3 is 14.8 Å². The number of carbonyl (C=O) groups is 1. The van der Waals surface area contributed by atoms with E-state index in [1.807, 2.05) is 0 Å². The molecule has 1 aromatic carbocycles. The van der Waals surface area contributed by atoms with Crippen molar-refractivity contribution in [2.24, 2.45) is 5.92 Å². The fraction of sp³-hybridized carbons (Fsp3) is 0.708. The summed E-state index contributed by atoms with van der Waals surface area (Å²) in [6.45, 7) is -0.294. The van der Waals surface area contributed by atoms with Crippen molar-refractivity contribution in [3.8, 4) is 0 Å². The summed E-state index contributed by atoms with van der Waals surface area (Å²) in [6, 6.07) is 6.23. The number of carbonyl (C=O) groups excluding carboxylic acids is 1. The number of ether oxygens (including phenoxy) is 2. The molecule has 12 heteroatoms. The summed E-state index contributed by atoms with van der Waals surface area (Å²) >= 11 is 0. The predicted molar refractivity (Wildman–Crippen MR) is 117 cm³/mol. The van der Waals surface area contributed by atoms with Crippen LogP contribution in [-0.2, 0) is 20.9 Å². The third kappa shape index (κ3) is 5.88. The van der Waals surface area contributed by atoms with E-state index in [1.54, 1.807) is 30.3 Å². The first-order valence-electron chi connectivity index (χ1n) is 12.3. The van der Waals surface area contributed by atoms with Crippen LogP contribution in [-0.4, -0.2) is 48.3 Å². The summed E-state index contributed by atoms with van der Waals surface area (Å²) < 4.78 is 96.3. The Morgan fingerprint density at radius 1 is 0.972 bits per heavy atom. The second kappa shape index (κ2) is 10.9. The number of hydrogen-bond acceptors (Lipinski definition) is 6. The Balaban J connectivity index is 1.59. The second-order valence-electron chi connectivity index (χ2n) is 9.74. The quantitative estimate of drug-likeness (QED) is 0.507. The molecule has 3 heterocycles. The number of hydrogen-bond donors (Lipinski definition) is 3. The van der Waals surface area contributed by atoms with E-state index < -0.39 is 54.2 Å². The van der Waals surface area contributed by atoms with E-state index in [1.165, 1.54) is 0 Å². The van der Waals surface area contributed by atoms with Gasteiger partial charge in [-0.2, -0.15) is 26.3 Å². The molecule has 3 saturated heterocycles. The van der Waals surface area contributed by atoms with Crippen molar-refractivity contribution in [3.63, 3.8) is 0 Å². The molecule has 3 N–H and O–H groups in total. The Bertz CT molecular complexity index is 884. The first kappa shape index (κ1) is 27.3. The molecule has 0 spiro atoms. The van der Waals surface area contributed by atoms with E-state index in [9.17, 15) is 31.1 Å². The van der Waals surface area contributed by atoms with Gasteiger partial charge in [0.05, 0.1) is 18.6 Å². The minimum atomic E-state index is -4.80. The lowest BCUT2D eigenvalue weighted by Gasteiger charge is -2.41. The van der Waals surface area contributed by atoms with Gasteiger partial charge in [-0.15, -0.1) is 0 Å². The van der Waals surface area contributed by atoms with E-state index in [4.69, 9.17) is 9.47 Å². The number of alkyl halides is 6. The maximum atomic E-state index is 14.7. The number of Topliss-reactive ketones (excluding diaryl/α,β-unsaturated/α-hetero) is 1. The van der Waals surface area contributed by atoms with Gasteiger partial charge in [0.1, 0.15) is 12.0 Å². The molecule has 0 amide bonds. The topological polar surface area (TPSA) is 71.6 Å². The van der Waals surface area contributed by atoms with Crippen molar-refractivity contribution in [1.29, 1.82) is 0 Å². The highest BCUT2D eigenvalue weighted by Crippen LogP contribution is 2.44. The van der Waals surface area contributed by atoms with Gasteiger partial charge in [0.2, 0.25) is 5.60 Å². The zero-order chi connectivity index (χ0) is 26.0. The van der Waals surface area contributed by atoms with Crippen LogP contribution in [0.2, 0.25) is 0 Å². The zero-order valence-corrected chi connectivity index (χ0v) is 19.6. The van der Waals surface area contributed by atoms with Gasteiger partial charge in [-0.05, 0) is 31.2 Å². The Labute approximate surface area is 205 Å². The Hall–Kier alpha value is -1.73. The van der Waals surface area contributed by atoms with Gasteiger partial charge in [-0.3, -0.25) is 4.79 Å². The third-order valence-electron chi connectivity index (χ3n) is 7.32. The lowest BCUT2D eigenvalue weighted by Crippen LogP contribution is -2.61. The Kier molecular flexibility index (Phi) is 8.30. The van der Waals surface area contributed by atoms with Crippen LogP contribution < -0.4 is 16.2 Å².